The van der Waals surface area contributed by atoms with Gasteiger partial charge in [-0.1, -0.05) is 40.2 Å². The third-order valence-electron chi connectivity index (χ3n) is 3.41. The fourth-order valence-corrected chi connectivity index (χ4v) is 2.65. The molecule has 25 heavy (non-hydrogen) atoms. The van der Waals surface area contributed by atoms with Crippen molar-refractivity contribution < 1.29 is 9.90 Å². The van der Waals surface area contributed by atoms with E-state index in [0.717, 1.165) is 10.0 Å². The zero-order chi connectivity index (χ0) is 17.6. The highest BCUT2D eigenvalue weighted by Gasteiger charge is 2.09. The number of phenols is 1. The van der Waals surface area contributed by atoms with Crippen molar-refractivity contribution >= 4 is 28.1 Å². The Balaban J connectivity index is 1.62. The summed E-state index contributed by atoms with van der Waals surface area (Å²) >= 11 is 3.43. The summed E-state index contributed by atoms with van der Waals surface area (Å²) in [6.07, 6.45) is 3.12. The molecule has 0 aliphatic rings. The van der Waals surface area contributed by atoms with Gasteiger partial charge < -0.3 is 5.11 Å². The van der Waals surface area contributed by atoms with Gasteiger partial charge in [-0.3, -0.25) is 9.48 Å². The standard InChI is InChI=1S/C18H15BrN4O2/c19-15-6-3-4-13(10-15)12-23-9-8-16(22-23)18(25)21-20-11-14-5-1-2-7-17(14)24/h1-11,24H,12H2,(H,21,25)/b20-11+. The molecule has 126 valence electrons. The normalized spacial score (nSPS) is 10.9. The SMILES string of the molecule is O=C(N/N=C/c1ccccc1O)c1ccn(Cc2cccc(Br)c2)n1. The molecule has 3 rings (SSSR count). The summed E-state index contributed by atoms with van der Waals surface area (Å²) in [5, 5.41) is 17.7. The van der Waals surface area contributed by atoms with E-state index in [0.29, 0.717) is 12.1 Å². The lowest BCUT2D eigenvalue weighted by Gasteiger charge is -2.02. The Morgan fingerprint density at radius 1 is 1.24 bits per heavy atom. The summed E-state index contributed by atoms with van der Waals surface area (Å²) in [7, 11) is 0. The molecule has 0 saturated heterocycles. The number of aromatic nitrogens is 2. The van der Waals surface area contributed by atoms with Crippen LogP contribution in [0.1, 0.15) is 21.6 Å². The Labute approximate surface area is 152 Å². The topological polar surface area (TPSA) is 79.5 Å². The van der Waals surface area contributed by atoms with E-state index in [1.165, 1.54) is 6.21 Å². The highest BCUT2D eigenvalue weighted by Crippen LogP contribution is 2.13. The molecule has 0 radical (unpaired) electrons. The van der Waals surface area contributed by atoms with Crippen LogP contribution in [0.5, 0.6) is 5.75 Å². The first-order valence-corrected chi connectivity index (χ1v) is 8.30. The van der Waals surface area contributed by atoms with Crippen molar-refractivity contribution in [2.24, 2.45) is 5.10 Å². The van der Waals surface area contributed by atoms with Gasteiger partial charge in [-0.25, -0.2) is 5.43 Å². The number of hydrazone groups is 1. The molecule has 0 atom stereocenters. The molecular formula is C18H15BrN4O2. The van der Waals surface area contributed by atoms with Gasteiger partial charge in [0.2, 0.25) is 0 Å². The predicted molar refractivity (Wildman–Crippen MR) is 98.6 cm³/mol. The van der Waals surface area contributed by atoms with E-state index in [1.54, 1.807) is 41.2 Å². The van der Waals surface area contributed by atoms with Crippen LogP contribution in [0.4, 0.5) is 0 Å². The smallest absolute Gasteiger partial charge is 0.291 e. The van der Waals surface area contributed by atoms with Crippen LogP contribution in [0, 0.1) is 0 Å². The lowest BCUT2D eigenvalue weighted by Crippen LogP contribution is -2.18. The maximum atomic E-state index is 12.1. The number of amides is 1. The number of aromatic hydroxyl groups is 1. The fourth-order valence-electron chi connectivity index (χ4n) is 2.21. The first kappa shape index (κ1) is 16.9. The maximum Gasteiger partial charge on any atom is 0.291 e. The fraction of sp³-hybridized carbons (Fsp3) is 0.0556. The average Bonchev–Trinajstić information content (AvgIpc) is 3.05. The van der Waals surface area contributed by atoms with Crippen molar-refractivity contribution in [1.29, 1.82) is 0 Å². The molecule has 2 aromatic carbocycles. The van der Waals surface area contributed by atoms with Crippen molar-refractivity contribution in [2.75, 3.05) is 0 Å². The largest absolute Gasteiger partial charge is 0.507 e. The summed E-state index contributed by atoms with van der Waals surface area (Å²) in [6, 6.07) is 16.2. The highest BCUT2D eigenvalue weighted by molar-refractivity contribution is 9.10. The second kappa shape index (κ2) is 7.76. The van der Waals surface area contributed by atoms with Gasteiger partial charge in [0, 0.05) is 16.2 Å². The van der Waals surface area contributed by atoms with Crippen molar-refractivity contribution in [3.05, 3.63) is 82.1 Å². The molecule has 0 bridgehead atoms. The van der Waals surface area contributed by atoms with E-state index in [9.17, 15) is 9.90 Å². The second-order valence-corrected chi connectivity index (χ2v) is 6.20. The molecule has 0 aliphatic carbocycles. The number of rotatable bonds is 5. The van der Waals surface area contributed by atoms with Crippen LogP contribution >= 0.6 is 15.9 Å². The molecule has 0 unspecified atom stereocenters. The van der Waals surface area contributed by atoms with Gasteiger partial charge in [-0.2, -0.15) is 10.2 Å². The van der Waals surface area contributed by atoms with Crippen molar-refractivity contribution in [2.45, 2.75) is 6.54 Å². The van der Waals surface area contributed by atoms with Crippen LogP contribution in [-0.4, -0.2) is 27.0 Å². The number of halogens is 1. The van der Waals surface area contributed by atoms with Gasteiger partial charge in [0.1, 0.15) is 5.75 Å². The number of nitrogens with one attached hydrogen (secondary N) is 1. The van der Waals surface area contributed by atoms with E-state index in [1.807, 2.05) is 24.3 Å². The summed E-state index contributed by atoms with van der Waals surface area (Å²) in [5.74, 6) is -0.321. The molecule has 3 aromatic rings. The highest BCUT2D eigenvalue weighted by atomic mass is 79.9. The molecule has 0 aliphatic heterocycles. The first-order valence-electron chi connectivity index (χ1n) is 7.51. The predicted octanol–water partition coefficient (Wildman–Crippen LogP) is 3.16. The Morgan fingerprint density at radius 2 is 2.08 bits per heavy atom. The van der Waals surface area contributed by atoms with Crippen LogP contribution in [0.15, 0.2) is 70.4 Å². The van der Waals surface area contributed by atoms with Crippen molar-refractivity contribution in [3.8, 4) is 5.75 Å². The summed E-state index contributed by atoms with van der Waals surface area (Å²) in [6.45, 7) is 0.563. The van der Waals surface area contributed by atoms with Gasteiger partial charge in [-0.15, -0.1) is 0 Å². The molecule has 1 heterocycles. The minimum absolute atomic E-state index is 0.0961. The monoisotopic (exact) mass is 398 g/mol. The summed E-state index contributed by atoms with van der Waals surface area (Å²) in [4.78, 5) is 12.1. The van der Waals surface area contributed by atoms with E-state index >= 15 is 0 Å². The van der Waals surface area contributed by atoms with Gasteiger partial charge in [-0.05, 0) is 35.9 Å². The molecule has 0 fully saturated rings. The molecule has 1 amide bonds. The van der Waals surface area contributed by atoms with Crippen LogP contribution in [0.3, 0.4) is 0 Å². The number of phenolic OH excluding ortho intramolecular Hbond substituents is 1. The van der Waals surface area contributed by atoms with Crippen LogP contribution in [0.25, 0.3) is 0 Å². The zero-order valence-electron chi connectivity index (χ0n) is 13.1. The summed E-state index contributed by atoms with van der Waals surface area (Å²) in [5.41, 5.74) is 4.25. The lowest BCUT2D eigenvalue weighted by molar-refractivity contribution is 0.0949. The minimum Gasteiger partial charge on any atom is -0.507 e. The van der Waals surface area contributed by atoms with Gasteiger partial charge in [0.05, 0.1) is 12.8 Å². The number of nitrogens with zero attached hydrogens (tertiary/aromatic N) is 3. The number of hydrogen-bond acceptors (Lipinski definition) is 4. The molecule has 0 saturated carbocycles. The summed E-state index contributed by atoms with van der Waals surface area (Å²) < 4.78 is 2.68. The first-order chi connectivity index (χ1) is 12.1. The Hall–Kier alpha value is -2.93. The van der Waals surface area contributed by atoms with E-state index < -0.39 is 5.91 Å². The number of carbonyl (C=O) groups is 1. The maximum absolute atomic E-state index is 12.1. The third-order valence-corrected chi connectivity index (χ3v) is 3.91. The van der Waals surface area contributed by atoms with Crippen LogP contribution in [0.2, 0.25) is 0 Å². The van der Waals surface area contributed by atoms with Crippen molar-refractivity contribution in [1.82, 2.24) is 15.2 Å². The number of carbonyl (C=O) groups excluding carboxylic acids is 1. The van der Waals surface area contributed by atoms with Gasteiger partial charge >= 0.3 is 0 Å². The zero-order valence-corrected chi connectivity index (χ0v) is 14.7. The van der Waals surface area contributed by atoms with Crippen LogP contribution in [-0.2, 0) is 6.54 Å². The van der Waals surface area contributed by atoms with E-state index in [4.69, 9.17) is 0 Å². The number of hydrogen-bond donors (Lipinski definition) is 2. The lowest BCUT2D eigenvalue weighted by atomic mass is 10.2. The Kier molecular flexibility index (Phi) is 5.25. The Bertz CT molecular complexity index is 921. The second-order valence-electron chi connectivity index (χ2n) is 5.29. The molecular weight excluding hydrogens is 384 g/mol. The number of benzene rings is 2. The molecule has 1 aromatic heterocycles. The van der Waals surface area contributed by atoms with E-state index in [2.05, 4.69) is 31.6 Å². The Morgan fingerprint density at radius 3 is 2.88 bits per heavy atom. The van der Waals surface area contributed by atoms with Crippen molar-refractivity contribution in [3.63, 3.8) is 0 Å². The molecule has 6 nitrogen and oxygen atoms in total. The van der Waals surface area contributed by atoms with Gasteiger partial charge in [0.15, 0.2) is 5.69 Å². The quantitative estimate of drug-likeness (QED) is 0.511. The molecule has 7 heteroatoms. The minimum atomic E-state index is -0.417. The van der Waals surface area contributed by atoms with Gasteiger partial charge in [0.25, 0.3) is 5.91 Å². The molecule has 0 spiro atoms. The third kappa shape index (κ3) is 4.54. The average molecular weight is 399 g/mol. The number of para-hydroxylation sites is 1. The molecule has 2 N–H and O–H groups in total. The van der Waals surface area contributed by atoms with Crippen LogP contribution < -0.4 is 5.43 Å². The van der Waals surface area contributed by atoms with E-state index in [-0.39, 0.29) is 11.4 Å².